The number of benzene rings is 1. The number of amides is 1. The average molecular weight is 344 g/mol. The molecule has 1 amide bonds. The molecule has 2 rings (SSSR count). The van der Waals surface area contributed by atoms with Crippen LogP contribution in [0.25, 0.3) is 0 Å². The highest BCUT2D eigenvalue weighted by molar-refractivity contribution is 5.94. The Bertz CT molecular complexity index is 555. The largest absolute Gasteiger partial charge is 0.416 e. The highest BCUT2D eigenvalue weighted by atomic mass is 19.4. The van der Waals surface area contributed by atoms with Crippen LogP contribution in [0.1, 0.15) is 28.8 Å². The van der Waals surface area contributed by atoms with Crippen molar-refractivity contribution in [2.24, 2.45) is 0 Å². The minimum absolute atomic E-state index is 0.000688. The number of likely N-dealkylation sites (N-methyl/N-ethyl adjacent to an activating group) is 1. The Kier molecular flexibility index (Phi) is 6.23. The number of rotatable bonds is 5. The third-order valence-corrected chi connectivity index (χ3v) is 4.12. The van der Waals surface area contributed by atoms with Crippen molar-refractivity contribution in [3.63, 3.8) is 0 Å². The molecule has 0 atom stereocenters. The Hall–Kier alpha value is -1.60. The molecule has 0 saturated carbocycles. The molecule has 1 aromatic carbocycles. The quantitative estimate of drug-likeness (QED) is 0.823. The third-order valence-electron chi connectivity index (χ3n) is 4.12. The van der Waals surface area contributed by atoms with Crippen molar-refractivity contribution in [3.8, 4) is 0 Å². The van der Waals surface area contributed by atoms with Crippen molar-refractivity contribution in [1.82, 2.24) is 9.80 Å². The number of hydrogen-bond donors (Lipinski definition) is 0. The number of halogens is 3. The van der Waals surface area contributed by atoms with Gasteiger partial charge in [0.05, 0.1) is 5.56 Å². The lowest BCUT2D eigenvalue weighted by atomic mass is 10.0. The van der Waals surface area contributed by atoms with Gasteiger partial charge in [-0.05, 0) is 45.1 Å². The van der Waals surface area contributed by atoms with Crippen molar-refractivity contribution in [1.29, 1.82) is 0 Å². The number of alkyl halides is 3. The minimum atomic E-state index is -4.45. The molecule has 134 valence electrons. The summed E-state index contributed by atoms with van der Waals surface area (Å²) in [6.45, 7) is 2.27. The summed E-state index contributed by atoms with van der Waals surface area (Å²) < 4.78 is 44.0. The molecular weight excluding hydrogens is 321 g/mol. The van der Waals surface area contributed by atoms with Crippen LogP contribution in [0.3, 0.4) is 0 Å². The van der Waals surface area contributed by atoms with Crippen LogP contribution in [0.5, 0.6) is 0 Å². The molecule has 1 aliphatic rings. The van der Waals surface area contributed by atoms with Crippen molar-refractivity contribution in [3.05, 3.63) is 35.4 Å². The van der Waals surface area contributed by atoms with Crippen LogP contribution >= 0.6 is 0 Å². The first-order valence-corrected chi connectivity index (χ1v) is 7.99. The lowest BCUT2D eigenvalue weighted by Crippen LogP contribution is -2.46. The van der Waals surface area contributed by atoms with Gasteiger partial charge in [0.15, 0.2) is 0 Å². The Labute approximate surface area is 140 Å². The van der Waals surface area contributed by atoms with Crippen LogP contribution in [-0.2, 0) is 10.9 Å². The smallest absolute Gasteiger partial charge is 0.381 e. The fraction of sp³-hybridized carbons (Fsp3) is 0.588. The molecule has 0 unspecified atom stereocenters. The van der Waals surface area contributed by atoms with Gasteiger partial charge >= 0.3 is 6.18 Å². The highest BCUT2D eigenvalue weighted by Gasteiger charge is 2.32. The van der Waals surface area contributed by atoms with Gasteiger partial charge < -0.3 is 14.5 Å². The van der Waals surface area contributed by atoms with E-state index in [-0.39, 0.29) is 17.5 Å². The van der Waals surface area contributed by atoms with Crippen molar-refractivity contribution >= 4 is 5.91 Å². The van der Waals surface area contributed by atoms with Crippen LogP contribution in [0.15, 0.2) is 24.3 Å². The fourth-order valence-electron chi connectivity index (χ4n) is 2.75. The van der Waals surface area contributed by atoms with Crippen molar-refractivity contribution in [2.45, 2.75) is 25.1 Å². The first-order chi connectivity index (χ1) is 11.3. The minimum Gasteiger partial charge on any atom is -0.381 e. The third kappa shape index (κ3) is 4.95. The summed E-state index contributed by atoms with van der Waals surface area (Å²) in [7, 11) is 3.80. The maximum Gasteiger partial charge on any atom is 0.416 e. The Morgan fingerprint density at radius 2 is 1.88 bits per heavy atom. The van der Waals surface area contributed by atoms with Crippen molar-refractivity contribution in [2.75, 3.05) is 40.4 Å². The Morgan fingerprint density at radius 3 is 2.46 bits per heavy atom. The summed E-state index contributed by atoms with van der Waals surface area (Å²) in [6.07, 6.45) is -3.04. The van der Waals surface area contributed by atoms with Gasteiger partial charge in [0.25, 0.3) is 5.91 Å². The van der Waals surface area contributed by atoms with Gasteiger partial charge in [0.2, 0.25) is 0 Å². The molecule has 1 aromatic rings. The highest BCUT2D eigenvalue weighted by Crippen LogP contribution is 2.30. The van der Waals surface area contributed by atoms with Crippen LogP contribution in [0.2, 0.25) is 0 Å². The Balaban J connectivity index is 2.22. The predicted octanol–water partition coefficient (Wildman–Crippen LogP) is 2.89. The van der Waals surface area contributed by atoms with Gasteiger partial charge in [-0.2, -0.15) is 13.2 Å². The van der Waals surface area contributed by atoms with Gasteiger partial charge in [-0.1, -0.05) is 6.07 Å². The maximum absolute atomic E-state index is 12.9. The molecule has 1 saturated heterocycles. The van der Waals surface area contributed by atoms with Crippen LogP contribution < -0.4 is 0 Å². The summed E-state index contributed by atoms with van der Waals surface area (Å²) in [5.41, 5.74) is -0.719. The van der Waals surface area contributed by atoms with E-state index < -0.39 is 11.7 Å². The average Bonchev–Trinajstić information content (AvgIpc) is 2.55. The lowest BCUT2D eigenvalue weighted by Gasteiger charge is -2.35. The molecule has 1 heterocycles. The Morgan fingerprint density at radius 1 is 1.21 bits per heavy atom. The second-order valence-corrected chi connectivity index (χ2v) is 6.22. The molecule has 4 nitrogen and oxygen atoms in total. The second kappa shape index (κ2) is 7.98. The number of carbonyl (C=O) groups is 1. The molecule has 7 heteroatoms. The number of carbonyl (C=O) groups excluding carboxylic acids is 1. The standard InChI is InChI=1S/C17H23F3N2O2/c1-21(2)8-9-22(15-6-10-24-11-7-15)16(23)13-4-3-5-14(12-13)17(18,19)20/h3-5,12,15H,6-11H2,1-2H3. The summed E-state index contributed by atoms with van der Waals surface area (Å²) in [5, 5.41) is 0. The van der Waals surface area contributed by atoms with Gasteiger partial charge in [-0.25, -0.2) is 0 Å². The lowest BCUT2D eigenvalue weighted by molar-refractivity contribution is -0.137. The zero-order chi connectivity index (χ0) is 17.7. The normalized spacial score (nSPS) is 16.4. The first kappa shape index (κ1) is 18.7. The monoisotopic (exact) mass is 344 g/mol. The number of nitrogens with zero attached hydrogens (tertiary/aromatic N) is 2. The second-order valence-electron chi connectivity index (χ2n) is 6.22. The number of hydrogen-bond acceptors (Lipinski definition) is 3. The van der Waals surface area contributed by atoms with Crippen LogP contribution in [0.4, 0.5) is 13.2 Å². The van der Waals surface area contributed by atoms with Gasteiger partial charge in [-0.15, -0.1) is 0 Å². The molecule has 0 aromatic heterocycles. The topological polar surface area (TPSA) is 32.8 Å². The van der Waals surface area contributed by atoms with Gasteiger partial charge in [-0.3, -0.25) is 4.79 Å². The number of ether oxygens (including phenoxy) is 1. The summed E-state index contributed by atoms with van der Waals surface area (Å²) >= 11 is 0. The van der Waals surface area contributed by atoms with E-state index in [1.165, 1.54) is 12.1 Å². The summed E-state index contributed by atoms with van der Waals surface area (Å²) in [4.78, 5) is 16.5. The molecule has 0 bridgehead atoms. The first-order valence-electron chi connectivity index (χ1n) is 7.99. The van der Waals surface area contributed by atoms with E-state index in [1.807, 2.05) is 19.0 Å². The van der Waals surface area contributed by atoms with Gasteiger partial charge in [0.1, 0.15) is 0 Å². The predicted molar refractivity (Wildman–Crippen MR) is 84.9 cm³/mol. The van der Waals surface area contributed by atoms with E-state index in [4.69, 9.17) is 4.74 Å². The summed E-state index contributed by atoms with van der Waals surface area (Å²) in [5.74, 6) is -0.352. The van der Waals surface area contributed by atoms with E-state index >= 15 is 0 Å². The van der Waals surface area contributed by atoms with Gasteiger partial charge in [0, 0.05) is 37.9 Å². The zero-order valence-electron chi connectivity index (χ0n) is 14.0. The van der Waals surface area contributed by atoms with Crippen LogP contribution in [-0.4, -0.2) is 62.1 Å². The molecule has 1 aliphatic heterocycles. The zero-order valence-corrected chi connectivity index (χ0v) is 14.0. The van der Waals surface area contributed by atoms with E-state index in [2.05, 4.69) is 0 Å². The SMILES string of the molecule is CN(C)CCN(C(=O)c1cccc(C(F)(F)F)c1)C1CCOCC1. The molecule has 0 N–H and O–H groups in total. The summed E-state index contributed by atoms with van der Waals surface area (Å²) in [6, 6.07) is 4.64. The molecule has 0 aliphatic carbocycles. The van der Waals surface area contributed by atoms with E-state index in [0.29, 0.717) is 39.1 Å². The molecule has 0 radical (unpaired) electrons. The van der Waals surface area contributed by atoms with E-state index in [0.717, 1.165) is 12.1 Å². The van der Waals surface area contributed by atoms with E-state index in [1.54, 1.807) is 4.90 Å². The molecule has 0 spiro atoms. The molecular formula is C17H23F3N2O2. The van der Waals surface area contributed by atoms with Crippen molar-refractivity contribution < 1.29 is 22.7 Å². The van der Waals surface area contributed by atoms with Crippen LogP contribution in [0, 0.1) is 0 Å². The molecule has 1 fully saturated rings. The molecule has 24 heavy (non-hydrogen) atoms. The maximum atomic E-state index is 12.9. The van der Waals surface area contributed by atoms with E-state index in [9.17, 15) is 18.0 Å². The fourth-order valence-corrected chi connectivity index (χ4v) is 2.75.